The molecular formula is C15H15N3O3. The normalized spacial score (nSPS) is 10.1. The van der Waals surface area contributed by atoms with Crippen LogP contribution in [0, 0.1) is 6.92 Å². The molecule has 2 rings (SSSR count). The summed E-state index contributed by atoms with van der Waals surface area (Å²) in [4.78, 5) is 26.7. The average Bonchev–Trinajstić information content (AvgIpc) is 2.52. The molecule has 3 N–H and O–H groups in total. The molecule has 21 heavy (non-hydrogen) atoms. The number of aldehydes is 1. The maximum Gasteiger partial charge on any atom is 0.265 e. The molecule has 0 aliphatic rings. The summed E-state index contributed by atoms with van der Waals surface area (Å²) in [5, 5.41) is 9.92. The summed E-state index contributed by atoms with van der Waals surface area (Å²) in [6.45, 7) is 1.75. The lowest BCUT2D eigenvalue weighted by Crippen LogP contribution is -2.37. The van der Waals surface area contributed by atoms with E-state index in [1.807, 2.05) is 6.07 Å². The number of carbonyl (C=O) groups excluding carboxylic acids is 2. The summed E-state index contributed by atoms with van der Waals surface area (Å²) < 4.78 is 0. The molecule has 0 radical (unpaired) electrons. The molecule has 2 aromatic rings. The van der Waals surface area contributed by atoms with Gasteiger partial charge in [0.25, 0.3) is 5.91 Å². The lowest BCUT2D eigenvalue weighted by molar-refractivity contribution is 0.0932. The molecule has 0 aliphatic heterocycles. The Morgan fingerprint density at radius 3 is 2.71 bits per heavy atom. The summed E-state index contributed by atoms with van der Waals surface area (Å²) >= 11 is 0. The zero-order chi connectivity index (χ0) is 15.2. The van der Waals surface area contributed by atoms with Crippen molar-refractivity contribution in [1.29, 1.82) is 0 Å². The molecule has 0 unspecified atom stereocenters. The molecule has 1 aromatic carbocycles. The number of nitrogens with one attached hydrogen (secondary N) is 2. The predicted octanol–water partition coefficient (Wildman–Crippen LogP) is 1.34. The molecule has 1 heterocycles. The van der Waals surface area contributed by atoms with E-state index >= 15 is 0 Å². The Labute approximate surface area is 121 Å². The molecule has 0 saturated carbocycles. The van der Waals surface area contributed by atoms with Gasteiger partial charge in [0.15, 0.2) is 6.29 Å². The second kappa shape index (κ2) is 6.62. The van der Waals surface area contributed by atoms with Gasteiger partial charge in [-0.05, 0) is 19.1 Å². The molecule has 0 fully saturated rings. The standard InChI is InChI=1S/C15H15N3O3/c1-10-14(20)13(12(9-19)7-16-10)8-17-18-15(21)11-5-3-2-4-6-11/h2-7,9,17,20H,8H2,1H3,(H,18,21). The van der Waals surface area contributed by atoms with Gasteiger partial charge in [-0.15, -0.1) is 0 Å². The lowest BCUT2D eigenvalue weighted by atomic mass is 10.1. The van der Waals surface area contributed by atoms with Crippen LogP contribution in [-0.2, 0) is 6.54 Å². The van der Waals surface area contributed by atoms with E-state index in [-0.39, 0.29) is 23.8 Å². The van der Waals surface area contributed by atoms with E-state index in [1.54, 1.807) is 31.2 Å². The van der Waals surface area contributed by atoms with E-state index in [9.17, 15) is 14.7 Å². The van der Waals surface area contributed by atoms with Crippen LogP contribution in [0.1, 0.15) is 32.0 Å². The van der Waals surface area contributed by atoms with Gasteiger partial charge in [0.2, 0.25) is 0 Å². The van der Waals surface area contributed by atoms with Crippen molar-refractivity contribution in [3.8, 4) is 5.75 Å². The van der Waals surface area contributed by atoms with Crippen LogP contribution in [0.3, 0.4) is 0 Å². The van der Waals surface area contributed by atoms with Crippen molar-refractivity contribution < 1.29 is 14.7 Å². The minimum Gasteiger partial charge on any atom is -0.506 e. The van der Waals surface area contributed by atoms with Crippen molar-refractivity contribution >= 4 is 12.2 Å². The summed E-state index contributed by atoms with van der Waals surface area (Å²) in [5.41, 5.74) is 6.81. The zero-order valence-corrected chi connectivity index (χ0v) is 11.5. The van der Waals surface area contributed by atoms with Crippen LogP contribution in [-0.4, -0.2) is 22.3 Å². The van der Waals surface area contributed by atoms with E-state index in [0.717, 1.165) is 0 Å². The third-order valence-corrected chi connectivity index (χ3v) is 3.00. The van der Waals surface area contributed by atoms with Gasteiger partial charge in [0, 0.05) is 29.4 Å². The molecule has 6 heteroatoms. The van der Waals surface area contributed by atoms with E-state index in [4.69, 9.17) is 0 Å². The van der Waals surface area contributed by atoms with Crippen LogP contribution >= 0.6 is 0 Å². The van der Waals surface area contributed by atoms with Gasteiger partial charge in [0.1, 0.15) is 5.75 Å². The van der Waals surface area contributed by atoms with E-state index in [2.05, 4.69) is 15.8 Å². The van der Waals surface area contributed by atoms with Crippen LogP contribution in [0.25, 0.3) is 0 Å². The number of amides is 1. The quantitative estimate of drug-likeness (QED) is 0.569. The molecule has 1 amide bonds. The molecule has 6 nitrogen and oxygen atoms in total. The zero-order valence-electron chi connectivity index (χ0n) is 11.5. The Bertz CT molecular complexity index is 657. The SMILES string of the molecule is Cc1ncc(C=O)c(CNNC(=O)c2ccccc2)c1O. The average molecular weight is 285 g/mol. The summed E-state index contributed by atoms with van der Waals surface area (Å²) in [6.07, 6.45) is 2.00. The fourth-order valence-corrected chi connectivity index (χ4v) is 1.82. The summed E-state index contributed by atoms with van der Waals surface area (Å²) in [7, 11) is 0. The number of pyridine rings is 1. The summed E-state index contributed by atoms with van der Waals surface area (Å²) in [6, 6.07) is 8.71. The first-order valence-electron chi connectivity index (χ1n) is 6.34. The summed E-state index contributed by atoms with van der Waals surface area (Å²) in [5.74, 6) is -0.352. The maximum atomic E-state index is 11.8. The minimum atomic E-state index is -0.298. The number of rotatable bonds is 5. The smallest absolute Gasteiger partial charge is 0.265 e. The highest BCUT2D eigenvalue weighted by Crippen LogP contribution is 2.22. The van der Waals surface area contributed by atoms with Gasteiger partial charge in [-0.25, -0.2) is 5.43 Å². The third-order valence-electron chi connectivity index (χ3n) is 3.00. The van der Waals surface area contributed by atoms with Crippen LogP contribution in [0.5, 0.6) is 5.75 Å². The van der Waals surface area contributed by atoms with E-state index < -0.39 is 0 Å². The molecule has 1 aromatic heterocycles. The topological polar surface area (TPSA) is 91.3 Å². The predicted molar refractivity (Wildman–Crippen MR) is 76.8 cm³/mol. The van der Waals surface area contributed by atoms with Gasteiger partial charge >= 0.3 is 0 Å². The van der Waals surface area contributed by atoms with E-state index in [0.29, 0.717) is 23.1 Å². The van der Waals surface area contributed by atoms with Crippen LogP contribution in [0.4, 0.5) is 0 Å². The highest BCUT2D eigenvalue weighted by atomic mass is 16.3. The van der Waals surface area contributed by atoms with Crippen molar-refractivity contribution in [2.45, 2.75) is 13.5 Å². The Morgan fingerprint density at radius 1 is 1.33 bits per heavy atom. The van der Waals surface area contributed by atoms with Crippen LogP contribution in [0.15, 0.2) is 36.5 Å². The number of benzene rings is 1. The molecule has 108 valence electrons. The Balaban J connectivity index is 2.03. The first-order chi connectivity index (χ1) is 10.1. The number of hydrogen-bond acceptors (Lipinski definition) is 5. The fraction of sp³-hybridized carbons (Fsp3) is 0.133. The Kier molecular flexibility index (Phi) is 4.63. The Hall–Kier alpha value is -2.73. The number of nitrogens with zero attached hydrogens (tertiary/aromatic N) is 1. The van der Waals surface area contributed by atoms with Crippen LogP contribution in [0.2, 0.25) is 0 Å². The maximum absolute atomic E-state index is 11.8. The second-order valence-electron chi connectivity index (χ2n) is 4.42. The van der Waals surface area contributed by atoms with Crippen molar-refractivity contribution in [3.05, 3.63) is 58.9 Å². The lowest BCUT2D eigenvalue weighted by Gasteiger charge is -2.11. The monoisotopic (exact) mass is 285 g/mol. The number of carbonyl (C=O) groups is 2. The second-order valence-corrected chi connectivity index (χ2v) is 4.42. The first-order valence-corrected chi connectivity index (χ1v) is 6.34. The van der Waals surface area contributed by atoms with Crippen molar-refractivity contribution in [1.82, 2.24) is 15.8 Å². The molecule has 0 spiro atoms. The number of aromatic nitrogens is 1. The highest BCUT2D eigenvalue weighted by molar-refractivity contribution is 5.93. The number of aromatic hydroxyl groups is 1. The van der Waals surface area contributed by atoms with Gasteiger partial charge < -0.3 is 5.11 Å². The van der Waals surface area contributed by atoms with Gasteiger partial charge in [-0.1, -0.05) is 18.2 Å². The highest BCUT2D eigenvalue weighted by Gasteiger charge is 2.11. The van der Waals surface area contributed by atoms with Crippen molar-refractivity contribution in [2.24, 2.45) is 0 Å². The molecule has 0 bridgehead atoms. The van der Waals surface area contributed by atoms with Crippen molar-refractivity contribution in [3.63, 3.8) is 0 Å². The number of hydrazine groups is 1. The Morgan fingerprint density at radius 2 is 2.05 bits per heavy atom. The van der Waals surface area contributed by atoms with Gasteiger partial charge in [-0.2, -0.15) is 0 Å². The van der Waals surface area contributed by atoms with E-state index in [1.165, 1.54) is 6.20 Å². The largest absolute Gasteiger partial charge is 0.506 e. The third kappa shape index (κ3) is 3.43. The first kappa shape index (κ1) is 14.7. The molecule has 0 saturated heterocycles. The fourth-order valence-electron chi connectivity index (χ4n) is 1.82. The van der Waals surface area contributed by atoms with Crippen molar-refractivity contribution in [2.75, 3.05) is 0 Å². The number of hydrogen-bond donors (Lipinski definition) is 3. The number of aryl methyl sites for hydroxylation is 1. The van der Waals surface area contributed by atoms with Crippen LogP contribution < -0.4 is 10.9 Å². The molecule has 0 atom stereocenters. The van der Waals surface area contributed by atoms with Gasteiger partial charge in [-0.3, -0.25) is 20.0 Å². The minimum absolute atomic E-state index is 0.0546. The molecular weight excluding hydrogens is 270 g/mol. The van der Waals surface area contributed by atoms with Gasteiger partial charge in [0.05, 0.1) is 5.69 Å². The molecule has 0 aliphatic carbocycles.